The Morgan fingerprint density at radius 2 is 2.06 bits per heavy atom. The van der Waals surface area contributed by atoms with Gasteiger partial charge in [0.2, 0.25) is 10.0 Å². The number of nitrogens with zero attached hydrogens (tertiary/aromatic N) is 1. The third-order valence-electron chi connectivity index (χ3n) is 3.73. The van der Waals surface area contributed by atoms with Crippen molar-refractivity contribution in [3.05, 3.63) is 0 Å². The smallest absolute Gasteiger partial charge is 0.214 e. The van der Waals surface area contributed by atoms with Crippen molar-refractivity contribution in [3.63, 3.8) is 0 Å². The molecule has 1 rings (SSSR count). The zero-order chi connectivity index (χ0) is 12.9. The minimum Gasteiger partial charge on any atom is -0.329 e. The summed E-state index contributed by atoms with van der Waals surface area (Å²) in [5, 5.41) is 0. The molecule has 1 aliphatic rings. The maximum atomic E-state index is 12.2. The summed E-state index contributed by atoms with van der Waals surface area (Å²) < 4.78 is 26.0. The van der Waals surface area contributed by atoms with Gasteiger partial charge in [-0.3, -0.25) is 0 Å². The molecule has 1 heterocycles. The van der Waals surface area contributed by atoms with Crippen molar-refractivity contribution in [1.82, 2.24) is 4.31 Å². The lowest BCUT2D eigenvalue weighted by Crippen LogP contribution is -2.50. The van der Waals surface area contributed by atoms with Crippen LogP contribution in [-0.4, -0.2) is 37.6 Å². The van der Waals surface area contributed by atoms with Crippen LogP contribution in [0.2, 0.25) is 0 Å². The second kappa shape index (κ2) is 6.71. The van der Waals surface area contributed by atoms with Crippen LogP contribution in [0.1, 0.15) is 46.0 Å². The highest BCUT2D eigenvalue weighted by Crippen LogP contribution is 2.27. The van der Waals surface area contributed by atoms with E-state index in [-0.39, 0.29) is 11.8 Å². The van der Waals surface area contributed by atoms with Crippen molar-refractivity contribution in [3.8, 4) is 0 Å². The number of nitrogens with two attached hydrogens (primary N) is 1. The fourth-order valence-electron chi connectivity index (χ4n) is 2.51. The van der Waals surface area contributed by atoms with Crippen LogP contribution < -0.4 is 5.73 Å². The molecule has 0 aromatic carbocycles. The molecule has 2 atom stereocenters. The van der Waals surface area contributed by atoms with Gasteiger partial charge in [0.05, 0.1) is 5.75 Å². The quantitative estimate of drug-likeness (QED) is 0.790. The van der Waals surface area contributed by atoms with Crippen molar-refractivity contribution in [2.75, 3.05) is 18.8 Å². The molecule has 1 saturated heterocycles. The molecule has 2 N–H and O–H groups in total. The summed E-state index contributed by atoms with van der Waals surface area (Å²) in [7, 11) is -3.09. The molecular formula is C12H26N2O2S. The van der Waals surface area contributed by atoms with Gasteiger partial charge in [-0.15, -0.1) is 0 Å². The summed E-state index contributed by atoms with van der Waals surface area (Å²) in [6.45, 7) is 5.28. The topological polar surface area (TPSA) is 63.4 Å². The molecule has 4 nitrogen and oxygen atoms in total. The van der Waals surface area contributed by atoms with Crippen molar-refractivity contribution in [2.45, 2.75) is 52.0 Å². The summed E-state index contributed by atoms with van der Waals surface area (Å²) in [6, 6.07) is 0.0237. The van der Waals surface area contributed by atoms with E-state index in [1.54, 1.807) is 4.31 Å². The number of piperidine rings is 1. The minimum absolute atomic E-state index is 0.0237. The first-order chi connectivity index (χ1) is 8.05. The Bertz CT molecular complexity index is 316. The Hall–Kier alpha value is -0.130. The molecule has 0 aromatic heterocycles. The highest BCUT2D eigenvalue weighted by atomic mass is 32.2. The van der Waals surface area contributed by atoms with Gasteiger partial charge < -0.3 is 5.73 Å². The predicted octanol–water partition coefficient (Wildman–Crippen LogP) is 1.57. The van der Waals surface area contributed by atoms with Crippen LogP contribution in [0.3, 0.4) is 0 Å². The number of hydrogen-bond donors (Lipinski definition) is 1. The Morgan fingerprint density at radius 3 is 2.59 bits per heavy atom. The molecule has 0 bridgehead atoms. The maximum absolute atomic E-state index is 12.2. The van der Waals surface area contributed by atoms with E-state index in [9.17, 15) is 8.42 Å². The SMILES string of the molecule is CCCCS(=O)(=O)N1CCC(CC)CC1CN. The van der Waals surface area contributed by atoms with Gasteiger partial charge in [-0.1, -0.05) is 26.7 Å². The third kappa shape index (κ3) is 3.93. The molecular weight excluding hydrogens is 236 g/mol. The van der Waals surface area contributed by atoms with Crippen molar-refractivity contribution in [2.24, 2.45) is 11.7 Å². The van der Waals surface area contributed by atoms with Crippen LogP contribution in [0.5, 0.6) is 0 Å². The van der Waals surface area contributed by atoms with E-state index in [1.807, 2.05) is 6.92 Å². The largest absolute Gasteiger partial charge is 0.329 e. The van der Waals surface area contributed by atoms with Gasteiger partial charge in [0.15, 0.2) is 0 Å². The van der Waals surface area contributed by atoms with Gasteiger partial charge in [0.25, 0.3) is 0 Å². The molecule has 2 unspecified atom stereocenters. The summed E-state index contributed by atoms with van der Waals surface area (Å²) in [5.74, 6) is 0.915. The van der Waals surface area contributed by atoms with E-state index in [2.05, 4.69) is 6.92 Å². The molecule has 0 spiro atoms. The highest BCUT2D eigenvalue weighted by Gasteiger charge is 2.33. The Kier molecular flexibility index (Phi) is 5.89. The lowest BCUT2D eigenvalue weighted by molar-refractivity contribution is 0.197. The van der Waals surface area contributed by atoms with E-state index in [4.69, 9.17) is 5.73 Å². The second-order valence-electron chi connectivity index (χ2n) is 4.97. The summed E-state index contributed by atoms with van der Waals surface area (Å²) in [4.78, 5) is 0. The molecule has 1 aliphatic heterocycles. The first-order valence-electron chi connectivity index (χ1n) is 6.74. The van der Waals surface area contributed by atoms with Gasteiger partial charge in [-0.05, 0) is 25.2 Å². The van der Waals surface area contributed by atoms with Crippen LogP contribution in [0.25, 0.3) is 0 Å². The van der Waals surface area contributed by atoms with E-state index >= 15 is 0 Å². The van der Waals surface area contributed by atoms with Gasteiger partial charge in [-0.2, -0.15) is 4.31 Å². The first kappa shape index (κ1) is 14.9. The van der Waals surface area contributed by atoms with Crippen molar-refractivity contribution in [1.29, 1.82) is 0 Å². The Morgan fingerprint density at radius 1 is 1.35 bits per heavy atom. The van der Waals surface area contributed by atoms with Crippen LogP contribution in [0.4, 0.5) is 0 Å². The Labute approximate surface area is 106 Å². The summed E-state index contributed by atoms with van der Waals surface area (Å²) in [5.41, 5.74) is 5.73. The fraction of sp³-hybridized carbons (Fsp3) is 1.00. The standard InChI is InChI=1S/C12H26N2O2S/c1-3-5-8-17(15,16)14-7-6-11(4-2)9-12(14)10-13/h11-12H,3-10,13H2,1-2H3. The average Bonchev–Trinajstić information content (AvgIpc) is 2.35. The number of sulfonamides is 1. The highest BCUT2D eigenvalue weighted by molar-refractivity contribution is 7.89. The number of unbranched alkanes of at least 4 members (excludes halogenated alkanes) is 1. The molecule has 5 heteroatoms. The van der Waals surface area contributed by atoms with Gasteiger partial charge in [0, 0.05) is 19.1 Å². The monoisotopic (exact) mass is 262 g/mol. The zero-order valence-corrected chi connectivity index (χ0v) is 11.9. The molecule has 0 aromatic rings. The maximum Gasteiger partial charge on any atom is 0.214 e. The van der Waals surface area contributed by atoms with Crippen molar-refractivity contribution < 1.29 is 8.42 Å². The minimum atomic E-state index is -3.09. The molecule has 0 amide bonds. The van der Waals surface area contributed by atoms with E-state index in [1.165, 1.54) is 0 Å². The van der Waals surface area contributed by atoms with E-state index in [0.717, 1.165) is 32.1 Å². The van der Waals surface area contributed by atoms with Crippen LogP contribution >= 0.6 is 0 Å². The van der Waals surface area contributed by atoms with Gasteiger partial charge in [-0.25, -0.2) is 8.42 Å². The summed E-state index contributed by atoms with van der Waals surface area (Å²) in [6.07, 6.45) is 4.70. The van der Waals surface area contributed by atoms with E-state index < -0.39 is 10.0 Å². The zero-order valence-electron chi connectivity index (χ0n) is 11.1. The molecule has 0 radical (unpaired) electrons. The van der Waals surface area contributed by atoms with Crippen LogP contribution in [-0.2, 0) is 10.0 Å². The van der Waals surface area contributed by atoms with Crippen LogP contribution in [0, 0.1) is 5.92 Å². The average molecular weight is 262 g/mol. The normalized spacial score (nSPS) is 27.2. The van der Waals surface area contributed by atoms with Gasteiger partial charge in [0.1, 0.15) is 0 Å². The van der Waals surface area contributed by atoms with Gasteiger partial charge >= 0.3 is 0 Å². The fourth-order valence-corrected chi connectivity index (χ4v) is 4.41. The molecule has 0 saturated carbocycles. The lowest BCUT2D eigenvalue weighted by atomic mass is 9.90. The molecule has 102 valence electrons. The molecule has 17 heavy (non-hydrogen) atoms. The summed E-state index contributed by atoms with van der Waals surface area (Å²) >= 11 is 0. The Balaban J connectivity index is 2.69. The predicted molar refractivity (Wildman–Crippen MR) is 71.3 cm³/mol. The van der Waals surface area contributed by atoms with Crippen molar-refractivity contribution >= 4 is 10.0 Å². The number of rotatable bonds is 6. The van der Waals surface area contributed by atoms with Crippen LogP contribution in [0.15, 0.2) is 0 Å². The second-order valence-corrected chi connectivity index (χ2v) is 7.01. The lowest BCUT2D eigenvalue weighted by Gasteiger charge is -2.37. The number of hydrogen-bond acceptors (Lipinski definition) is 3. The molecule has 1 fully saturated rings. The molecule has 0 aliphatic carbocycles. The third-order valence-corrected chi connectivity index (χ3v) is 5.73. The first-order valence-corrected chi connectivity index (χ1v) is 8.35. The van der Waals surface area contributed by atoms with E-state index in [0.29, 0.717) is 19.0 Å².